The Labute approximate surface area is 132 Å². The summed E-state index contributed by atoms with van der Waals surface area (Å²) in [5.41, 5.74) is 2.78. The van der Waals surface area contributed by atoms with E-state index in [1.165, 1.54) is 24.1 Å². The highest BCUT2D eigenvalue weighted by Crippen LogP contribution is 2.40. The van der Waals surface area contributed by atoms with E-state index in [0.717, 1.165) is 19.3 Å². The highest BCUT2D eigenvalue weighted by molar-refractivity contribution is 6.20. The quantitative estimate of drug-likeness (QED) is 0.758. The Morgan fingerprint density at radius 1 is 1.19 bits per heavy atom. The van der Waals surface area contributed by atoms with Crippen LogP contribution < -0.4 is 0 Å². The van der Waals surface area contributed by atoms with E-state index in [9.17, 15) is 0 Å². The van der Waals surface area contributed by atoms with Crippen LogP contribution in [0.3, 0.4) is 0 Å². The van der Waals surface area contributed by atoms with Crippen LogP contribution in [0.15, 0.2) is 42.6 Å². The van der Waals surface area contributed by atoms with Crippen molar-refractivity contribution in [3.05, 3.63) is 53.9 Å². The van der Waals surface area contributed by atoms with E-state index in [-0.39, 0.29) is 0 Å². The molecule has 0 amide bonds. The predicted octanol–water partition coefficient (Wildman–Crippen LogP) is 4.54. The zero-order chi connectivity index (χ0) is 14.7. The fraction of sp³-hybridized carbons (Fsp3) is 0.500. The maximum atomic E-state index is 6.59. The Morgan fingerprint density at radius 3 is 2.71 bits per heavy atom. The molecule has 1 aliphatic rings. The van der Waals surface area contributed by atoms with Crippen LogP contribution >= 0.6 is 11.6 Å². The van der Waals surface area contributed by atoms with Gasteiger partial charge in [0, 0.05) is 24.3 Å². The lowest BCUT2D eigenvalue weighted by atomic mass is 9.76. The van der Waals surface area contributed by atoms with Crippen LogP contribution in [0.1, 0.15) is 42.9 Å². The number of nitrogens with zero attached hydrogens (tertiary/aromatic N) is 2. The van der Waals surface area contributed by atoms with Crippen molar-refractivity contribution < 1.29 is 0 Å². The summed E-state index contributed by atoms with van der Waals surface area (Å²) in [7, 11) is 2.02. The maximum Gasteiger partial charge on any atom is 0.0492 e. The van der Waals surface area contributed by atoms with Crippen molar-refractivity contribution in [1.82, 2.24) is 9.78 Å². The Kier molecular flexibility index (Phi) is 4.64. The maximum absolute atomic E-state index is 6.59. The second-order valence-electron chi connectivity index (χ2n) is 6.18. The highest BCUT2D eigenvalue weighted by Gasteiger charge is 2.29. The Hall–Kier alpha value is -1.28. The van der Waals surface area contributed by atoms with Gasteiger partial charge >= 0.3 is 0 Å². The minimum atomic E-state index is 0.332. The molecule has 3 unspecified atom stereocenters. The third-order valence-electron chi connectivity index (χ3n) is 4.85. The molecule has 0 spiro atoms. The van der Waals surface area contributed by atoms with E-state index < -0.39 is 0 Å². The molecule has 1 aliphatic carbocycles. The molecule has 1 saturated carbocycles. The average Bonchev–Trinajstić information content (AvgIpc) is 2.93. The number of rotatable bonds is 4. The molecule has 21 heavy (non-hydrogen) atoms. The number of benzene rings is 1. The van der Waals surface area contributed by atoms with Crippen LogP contribution in [0.5, 0.6) is 0 Å². The molecule has 2 nitrogen and oxygen atoms in total. The lowest BCUT2D eigenvalue weighted by Gasteiger charge is -2.33. The third-order valence-corrected chi connectivity index (χ3v) is 5.43. The third kappa shape index (κ3) is 3.49. The molecule has 3 rings (SSSR count). The van der Waals surface area contributed by atoms with Gasteiger partial charge in [-0.2, -0.15) is 5.10 Å². The second kappa shape index (κ2) is 6.65. The molecule has 1 fully saturated rings. The molecule has 2 aromatic rings. The summed E-state index contributed by atoms with van der Waals surface area (Å²) in [6, 6.07) is 13.0. The first kappa shape index (κ1) is 14.6. The second-order valence-corrected chi connectivity index (χ2v) is 6.74. The summed E-state index contributed by atoms with van der Waals surface area (Å²) >= 11 is 6.59. The lowest BCUT2D eigenvalue weighted by molar-refractivity contribution is 0.311. The summed E-state index contributed by atoms with van der Waals surface area (Å²) in [6.45, 7) is 0. The minimum Gasteiger partial charge on any atom is -0.273 e. The van der Waals surface area contributed by atoms with Crippen molar-refractivity contribution in [2.24, 2.45) is 13.0 Å². The number of hydrogen-bond acceptors (Lipinski definition) is 1. The van der Waals surface area contributed by atoms with Crippen molar-refractivity contribution in [3.8, 4) is 0 Å². The number of aryl methyl sites for hydroxylation is 2. The molecule has 1 aromatic heterocycles. The summed E-state index contributed by atoms with van der Waals surface area (Å²) in [5, 5.41) is 4.58. The topological polar surface area (TPSA) is 17.8 Å². The van der Waals surface area contributed by atoms with E-state index in [4.69, 9.17) is 11.6 Å². The van der Waals surface area contributed by atoms with Crippen molar-refractivity contribution in [2.45, 2.75) is 43.4 Å². The molecule has 0 radical (unpaired) electrons. The van der Waals surface area contributed by atoms with Gasteiger partial charge in [0.15, 0.2) is 0 Å². The first-order valence-electron chi connectivity index (χ1n) is 7.90. The Balaban J connectivity index is 1.62. The Morgan fingerprint density at radius 2 is 2.00 bits per heavy atom. The number of hydrogen-bond donors (Lipinski definition) is 0. The van der Waals surface area contributed by atoms with Gasteiger partial charge in [0.2, 0.25) is 0 Å². The number of alkyl halides is 1. The molecule has 3 heteroatoms. The minimum absolute atomic E-state index is 0.332. The van der Waals surface area contributed by atoms with E-state index in [1.54, 1.807) is 0 Å². The van der Waals surface area contributed by atoms with Crippen LogP contribution in [0.2, 0.25) is 0 Å². The zero-order valence-electron chi connectivity index (χ0n) is 12.6. The summed E-state index contributed by atoms with van der Waals surface area (Å²) in [4.78, 5) is 0. The molecule has 0 aliphatic heterocycles. The van der Waals surface area contributed by atoms with Gasteiger partial charge in [-0.1, -0.05) is 30.3 Å². The number of aromatic nitrogens is 2. The fourth-order valence-corrected chi connectivity index (χ4v) is 3.89. The fourth-order valence-electron chi connectivity index (χ4n) is 3.53. The molecule has 0 saturated heterocycles. The summed E-state index contributed by atoms with van der Waals surface area (Å²) < 4.78 is 1.97. The smallest absolute Gasteiger partial charge is 0.0492 e. The van der Waals surface area contributed by atoms with Crippen molar-refractivity contribution in [1.29, 1.82) is 0 Å². The van der Waals surface area contributed by atoms with E-state index in [0.29, 0.717) is 17.2 Å². The van der Waals surface area contributed by atoms with Gasteiger partial charge in [0.1, 0.15) is 0 Å². The normalized spacial score (nSPS) is 25.9. The molecule has 1 heterocycles. The first-order chi connectivity index (χ1) is 10.2. The van der Waals surface area contributed by atoms with Gasteiger partial charge < -0.3 is 0 Å². The summed E-state index contributed by atoms with van der Waals surface area (Å²) in [6.07, 6.45) is 7.69. The van der Waals surface area contributed by atoms with Gasteiger partial charge in [0.25, 0.3) is 0 Å². The molecular formula is C18H23ClN2. The summed E-state index contributed by atoms with van der Waals surface area (Å²) in [5.74, 6) is 1.29. The van der Waals surface area contributed by atoms with Crippen LogP contribution in [0, 0.1) is 5.92 Å². The SMILES string of the molecule is Cn1nccc1CCC1CC(c2ccccc2)CCC1Cl. The van der Waals surface area contributed by atoms with Crippen molar-refractivity contribution >= 4 is 11.6 Å². The van der Waals surface area contributed by atoms with Crippen LogP contribution in [0.25, 0.3) is 0 Å². The Bertz CT molecular complexity index is 564. The molecule has 1 aromatic carbocycles. The molecule has 112 valence electrons. The van der Waals surface area contributed by atoms with Crippen molar-refractivity contribution in [3.63, 3.8) is 0 Å². The van der Waals surface area contributed by atoms with Crippen LogP contribution in [-0.4, -0.2) is 15.2 Å². The molecular weight excluding hydrogens is 280 g/mol. The standard InChI is InChI=1S/C18H23ClN2/c1-21-17(11-12-20-21)9-7-16-13-15(8-10-18(16)19)14-5-3-2-4-6-14/h2-6,11-12,15-16,18H,7-10,13H2,1H3. The van der Waals surface area contributed by atoms with Crippen molar-refractivity contribution in [2.75, 3.05) is 0 Å². The largest absolute Gasteiger partial charge is 0.273 e. The first-order valence-corrected chi connectivity index (χ1v) is 8.33. The van der Waals surface area contributed by atoms with Gasteiger partial charge in [-0.05, 0) is 55.6 Å². The molecule has 3 atom stereocenters. The van der Waals surface area contributed by atoms with Crippen LogP contribution in [0.4, 0.5) is 0 Å². The lowest BCUT2D eigenvalue weighted by Crippen LogP contribution is -2.25. The predicted molar refractivity (Wildman–Crippen MR) is 87.7 cm³/mol. The van der Waals surface area contributed by atoms with E-state index in [1.807, 2.05) is 17.9 Å². The van der Waals surface area contributed by atoms with Gasteiger partial charge in [-0.15, -0.1) is 11.6 Å². The monoisotopic (exact) mass is 302 g/mol. The van der Waals surface area contributed by atoms with Gasteiger partial charge in [-0.3, -0.25) is 4.68 Å². The van der Waals surface area contributed by atoms with Gasteiger partial charge in [-0.25, -0.2) is 0 Å². The molecule has 0 bridgehead atoms. The molecule has 0 N–H and O–H groups in total. The van der Waals surface area contributed by atoms with Crippen LogP contribution in [-0.2, 0) is 13.5 Å². The average molecular weight is 303 g/mol. The van der Waals surface area contributed by atoms with E-state index in [2.05, 4.69) is 41.5 Å². The highest BCUT2D eigenvalue weighted by atomic mass is 35.5. The number of halogens is 1. The zero-order valence-corrected chi connectivity index (χ0v) is 13.3. The van der Waals surface area contributed by atoms with Gasteiger partial charge in [0.05, 0.1) is 0 Å². The van der Waals surface area contributed by atoms with E-state index >= 15 is 0 Å².